The van der Waals surface area contributed by atoms with Gasteiger partial charge in [0.05, 0.1) is 10.9 Å². The Morgan fingerprint density at radius 2 is 1.67 bits per heavy atom. The number of likely N-dealkylation sites (tertiary alicyclic amines) is 1. The number of nitrogens with one attached hydrogen (secondary N) is 2. The number of piperidine rings is 1. The number of carbonyl (C=O) groups excluding carboxylic acids is 1. The Bertz CT molecular complexity index is 955. The van der Waals surface area contributed by atoms with E-state index < -0.39 is 10.0 Å². The van der Waals surface area contributed by atoms with Gasteiger partial charge < -0.3 is 10.6 Å². The summed E-state index contributed by atoms with van der Waals surface area (Å²) in [7, 11) is -3.73. The quantitative estimate of drug-likeness (QED) is 0.628. The average molecular weight is 431 g/mol. The molecule has 0 saturated carbocycles. The third kappa shape index (κ3) is 6.29. The van der Waals surface area contributed by atoms with Gasteiger partial charge in [-0.1, -0.05) is 42.8 Å². The summed E-state index contributed by atoms with van der Waals surface area (Å²) in [4.78, 5) is 14.9. The molecule has 0 aliphatic carbocycles. The van der Waals surface area contributed by atoms with Crippen LogP contribution in [0.5, 0.6) is 0 Å². The lowest BCUT2D eigenvalue weighted by atomic mass is 10.0. The van der Waals surface area contributed by atoms with E-state index in [1.54, 1.807) is 12.1 Å². The van der Waals surface area contributed by atoms with Crippen molar-refractivity contribution in [2.45, 2.75) is 50.2 Å². The molecule has 0 radical (unpaired) electrons. The Kier molecular flexibility index (Phi) is 7.47. The molecule has 4 N–H and O–H groups in total. The van der Waals surface area contributed by atoms with Crippen LogP contribution in [0.1, 0.15) is 48.9 Å². The first-order chi connectivity index (χ1) is 14.3. The van der Waals surface area contributed by atoms with E-state index in [1.807, 2.05) is 19.1 Å². The van der Waals surface area contributed by atoms with E-state index in [0.717, 1.165) is 30.8 Å². The Morgan fingerprint density at radius 3 is 2.30 bits per heavy atom. The molecular formula is C22H30N4O3S. The van der Waals surface area contributed by atoms with Crippen LogP contribution in [0.4, 0.5) is 4.79 Å². The third-order valence-corrected chi connectivity index (χ3v) is 6.39. The summed E-state index contributed by atoms with van der Waals surface area (Å²) in [5.74, 6) is 0. The van der Waals surface area contributed by atoms with E-state index >= 15 is 0 Å². The van der Waals surface area contributed by atoms with Gasteiger partial charge in [-0.2, -0.15) is 0 Å². The van der Waals surface area contributed by atoms with Crippen LogP contribution >= 0.6 is 0 Å². The molecule has 1 fully saturated rings. The number of carbonyl (C=O) groups is 1. The standard InChI is InChI=1S/C22H30N4O3S/c1-17(18-9-11-21(12-10-18)30(23,28)29)25-22(27)24-15-19-7-3-4-8-20(19)16-26-13-5-2-6-14-26/h3-4,7-12,17H,2,5-6,13-16H2,1H3,(H2,23,28,29)(H2,24,25,27). The molecule has 1 aliphatic rings. The van der Waals surface area contributed by atoms with Gasteiger partial charge in [0.2, 0.25) is 10.0 Å². The number of hydrogen-bond acceptors (Lipinski definition) is 4. The van der Waals surface area contributed by atoms with Crippen molar-refractivity contribution >= 4 is 16.1 Å². The summed E-state index contributed by atoms with van der Waals surface area (Å²) in [6.07, 6.45) is 3.81. The predicted octanol–water partition coefficient (Wildman–Crippen LogP) is 2.88. The predicted molar refractivity (Wildman–Crippen MR) is 117 cm³/mol. The number of amides is 2. The molecule has 1 saturated heterocycles. The molecule has 0 aromatic heterocycles. The van der Waals surface area contributed by atoms with Crippen LogP contribution in [0.15, 0.2) is 53.4 Å². The van der Waals surface area contributed by atoms with Crippen molar-refractivity contribution in [3.63, 3.8) is 0 Å². The van der Waals surface area contributed by atoms with Crippen LogP contribution in [-0.4, -0.2) is 32.4 Å². The summed E-state index contributed by atoms with van der Waals surface area (Å²) in [6.45, 7) is 5.46. The topological polar surface area (TPSA) is 105 Å². The fourth-order valence-corrected chi connectivity index (χ4v) is 4.21. The largest absolute Gasteiger partial charge is 0.334 e. The first-order valence-electron chi connectivity index (χ1n) is 10.3. The number of hydrogen-bond donors (Lipinski definition) is 3. The first-order valence-corrected chi connectivity index (χ1v) is 11.8. The SMILES string of the molecule is CC(NC(=O)NCc1ccccc1CN1CCCCC1)c1ccc(S(N)(=O)=O)cc1. The fourth-order valence-electron chi connectivity index (χ4n) is 3.70. The molecule has 0 spiro atoms. The zero-order chi connectivity index (χ0) is 21.6. The summed E-state index contributed by atoms with van der Waals surface area (Å²) >= 11 is 0. The molecule has 2 amide bonds. The Labute approximate surface area is 178 Å². The van der Waals surface area contributed by atoms with Gasteiger partial charge in [-0.25, -0.2) is 18.4 Å². The molecule has 8 heteroatoms. The number of rotatable bonds is 7. The maximum absolute atomic E-state index is 12.4. The minimum absolute atomic E-state index is 0.0493. The van der Waals surface area contributed by atoms with Gasteiger partial charge in [0.1, 0.15) is 0 Å². The maximum Gasteiger partial charge on any atom is 0.315 e. The molecule has 1 heterocycles. The molecule has 7 nitrogen and oxygen atoms in total. The van der Waals surface area contributed by atoms with Crippen molar-refractivity contribution in [1.29, 1.82) is 0 Å². The number of primary sulfonamides is 1. The molecule has 0 bridgehead atoms. The highest BCUT2D eigenvalue weighted by Crippen LogP contribution is 2.17. The van der Waals surface area contributed by atoms with E-state index in [0.29, 0.717) is 6.54 Å². The second kappa shape index (κ2) is 10.1. The number of benzene rings is 2. The minimum atomic E-state index is -3.73. The van der Waals surface area contributed by atoms with Crippen LogP contribution in [0.2, 0.25) is 0 Å². The van der Waals surface area contributed by atoms with Crippen LogP contribution in [-0.2, 0) is 23.1 Å². The first kappa shape index (κ1) is 22.3. The van der Waals surface area contributed by atoms with Crippen molar-refractivity contribution in [2.24, 2.45) is 5.14 Å². The zero-order valence-corrected chi connectivity index (χ0v) is 18.1. The van der Waals surface area contributed by atoms with E-state index in [9.17, 15) is 13.2 Å². The normalized spacial score (nSPS) is 16.1. The molecule has 162 valence electrons. The second-order valence-electron chi connectivity index (χ2n) is 7.77. The number of sulfonamides is 1. The molecule has 30 heavy (non-hydrogen) atoms. The Balaban J connectivity index is 1.54. The smallest absolute Gasteiger partial charge is 0.315 e. The Hall–Kier alpha value is -2.42. The van der Waals surface area contributed by atoms with Gasteiger partial charge in [0.25, 0.3) is 0 Å². The highest BCUT2D eigenvalue weighted by atomic mass is 32.2. The van der Waals surface area contributed by atoms with Gasteiger partial charge in [0.15, 0.2) is 0 Å². The molecule has 3 rings (SSSR count). The van der Waals surface area contributed by atoms with Crippen LogP contribution < -0.4 is 15.8 Å². The minimum Gasteiger partial charge on any atom is -0.334 e. The molecule has 1 unspecified atom stereocenters. The molecule has 2 aromatic rings. The van der Waals surface area contributed by atoms with Gasteiger partial charge in [-0.05, 0) is 61.7 Å². The summed E-state index contributed by atoms with van der Waals surface area (Å²) in [5, 5.41) is 10.9. The molecule has 1 atom stereocenters. The lowest BCUT2D eigenvalue weighted by molar-refractivity contribution is 0.220. The third-order valence-electron chi connectivity index (χ3n) is 5.46. The monoisotopic (exact) mass is 430 g/mol. The summed E-state index contributed by atoms with van der Waals surface area (Å²) in [5.41, 5.74) is 3.15. The van der Waals surface area contributed by atoms with Gasteiger partial charge in [-0.3, -0.25) is 4.90 Å². The molecule has 2 aromatic carbocycles. The zero-order valence-electron chi connectivity index (χ0n) is 17.3. The maximum atomic E-state index is 12.4. The van der Waals surface area contributed by atoms with Crippen molar-refractivity contribution < 1.29 is 13.2 Å². The molecule has 1 aliphatic heterocycles. The van der Waals surface area contributed by atoms with Crippen molar-refractivity contribution in [3.8, 4) is 0 Å². The van der Waals surface area contributed by atoms with Gasteiger partial charge >= 0.3 is 6.03 Å². The number of nitrogens with two attached hydrogens (primary N) is 1. The van der Waals surface area contributed by atoms with E-state index in [2.05, 4.69) is 27.7 Å². The number of urea groups is 1. The lowest BCUT2D eigenvalue weighted by Gasteiger charge is -2.27. The van der Waals surface area contributed by atoms with Crippen molar-refractivity contribution in [2.75, 3.05) is 13.1 Å². The lowest BCUT2D eigenvalue weighted by Crippen LogP contribution is -2.37. The van der Waals surface area contributed by atoms with E-state index in [4.69, 9.17) is 5.14 Å². The van der Waals surface area contributed by atoms with Crippen molar-refractivity contribution in [3.05, 3.63) is 65.2 Å². The van der Waals surface area contributed by atoms with E-state index in [-0.39, 0.29) is 17.0 Å². The number of nitrogens with zero attached hydrogens (tertiary/aromatic N) is 1. The van der Waals surface area contributed by atoms with Crippen LogP contribution in [0.25, 0.3) is 0 Å². The summed E-state index contributed by atoms with van der Waals surface area (Å²) in [6, 6.07) is 13.8. The highest BCUT2D eigenvalue weighted by molar-refractivity contribution is 7.89. The molecular weight excluding hydrogens is 400 g/mol. The van der Waals surface area contributed by atoms with E-state index in [1.165, 1.54) is 37.0 Å². The highest BCUT2D eigenvalue weighted by Gasteiger charge is 2.14. The summed E-state index contributed by atoms with van der Waals surface area (Å²) < 4.78 is 22.7. The second-order valence-corrected chi connectivity index (χ2v) is 9.33. The van der Waals surface area contributed by atoms with Gasteiger partial charge in [-0.15, -0.1) is 0 Å². The van der Waals surface area contributed by atoms with Crippen LogP contribution in [0, 0.1) is 0 Å². The average Bonchev–Trinajstić information content (AvgIpc) is 2.73. The fraction of sp³-hybridized carbons (Fsp3) is 0.409. The van der Waals surface area contributed by atoms with Gasteiger partial charge in [0, 0.05) is 13.1 Å². The van der Waals surface area contributed by atoms with Crippen LogP contribution in [0.3, 0.4) is 0 Å². The Morgan fingerprint density at radius 1 is 1.03 bits per heavy atom. The van der Waals surface area contributed by atoms with Crippen molar-refractivity contribution in [1.82, 2.24) is 15.5 Å².